The maximum atomic E-state index is 11.0. The van der Waals surface area contributed by atoms with Crippen molar-refractivity contribution >= 4 is 11.1 Å². The second-order valence-corrected chi connectivity index (χ2v) is 4.69. The molecule has 5 unspecified atom stereocenters. The van der Waals surface area contributed by atoms with E-state index in [2.05, 4.69) is 6.92 Å². The molecule has 0 spiro atoms. The molecule has 2 aliphatic rings. The van der Waals surface area contributed by atoms with E-state index in [4.69, 9.17) is 4.18 Å². The van der Waals surface area contributed by atoms with Crippen molar-refractivity contribution in [2.24, 2.45) is 11.8 Å². The third-order valence-corrected chi connectivity index (χ3v) is 3.88. The summed E-state index contributed by atoms with van der Waals surface area (Å²) in [6, 6.07) is 0. The molecule has 0 aromatic rings. The first-order chi connectivity index (χ1) is 5.18. The first-order valence-corrected chi connectivity index (χ1v) is 5.08. The summed E-state index contributed by atoms with van der Waals surface area (Å²) in [5.74, 6) is 0.672. The van der Waals surface area contributed by atoms with Gasteiger partial charge in [-0.1, -0.05) is 6.92 Å². The summed E-state index contributed by atoms with van der Waals surface area (Å²) < 4.78 is 16.2. The molecule has 1 aliphatic carbocycles. The van der Waals surface area contributed by atoms with Crippen LogP contribution in [0.25, 0.3) is 0 Å². The molecule has 2 fully saturated rings. The first-order valence-electron chi connectivity index (χ1n) is 3.94. The van der Waals surface area contributed by atoms with Crippen molar-refractivity contribution in [3.8, 4) is 0 Å². The molecule has 2 rings (SSSR count). The van der Waals surface area contributed by atoms with E-state index >= 15 is 0 Å². The predicted octanol–water partition coefficient (Wildman–Crippen LogP) is 0.413. The summed E-state index contributed by atoms with van der Waals surface area (Å²) in [5.41, 5.74) is -0.740. The van der Waals surface area contributed by atoms with E-state index < -0.39 is 16.5 Å². The second kappa shape index (κ2) is 2.54. The highest BCUT2D eigenvalue weighted by Crippen LogP contribution is 2.40. The lowest BCUT2D eigenvalue weighted by Gasteiger charge is -2.23. The third kappa shape index (κ3) is 1.13. The van der Waals surface area contributed by atoms with E-state index in [9.17, 15) is 9.32 Å². The smallest absolute Gasteiger partial charge is 0.185 e. The van der Waals surface area contributed by atoms with Gasteiger partial charge < -0.3 is 5.11 Å². The lowest BCUT2D eigenvalue weighted by Crippen LogP contribution is -2.32. The average molecular weight is 176 g/mol. The molecule has 3 nitrogen and oxygen atoms in total. The molecule has 0 amide bonds. The van der Waals surface area contributed by atoms with Gasteiger partial charge in [-0.05, 0) is 18.8 Å². The zero-order chi connectivity index (χ0) is 8.01. The van der Waals surface area contributed by atoms with Crippen molar-refractivity contribution in [2.45, 2.75) is 31.3 Å². The van der Waals surface area contributed by atoms with E-state index in [1.165, 1.54) is 0 Å². The van der Waals surface area contributed by atoms with Crippen LogP contribution in [0.3, 0.4) is 0 Å². The van der Waals surface area contributed by atoms with Crippen molar-refractivity contribution in [1.29, 1.82) is 0 Å². The van der Waals surface area contributed by atoms with Crippen molar-refractivity contribution in [1.82, 2.24) is 0 Å². The van der Waals surface area contributed by atoms with Gasteiger partial charge in [0.1, 0.15) is 0 Å². The van der Waals surface area contributed by atoms with Gasteiger partial charge in [0, 0.05) is 5.92 Å². The number of aliphatic hydroxyl groups is 1. The fourth-order valence-corrected chi connectivity index (χ4v) is 3.12. The SMILES string of the molecule is CC1CC2CC1OS(=O)C2O. The van der Waals surface area contributed by atoms with E-state index in [0.29, 0.717) is 5.92 Å². The maximum Gasteiger partial charge on any atom is 0.185 e. The maximum absolute atomic E-state index is 11.0. The monoisotopic (exact) mass is 176 g/mol. The number of hydrogen-bond donors (Lipinski definition) is 1. The molecule has 2 bridgehead atoms. The van der Waals surface area contributed by atoms with Gasteiger partial charge in [0.05, 0.1) is 6.10 Å². The molecular formula is C7H12O3S. The first kappa shape index (κ1) is 7.71. The largest absolute Gasteiger partial charge is 0.377 e. The molecular weight excluding hydrogens is 164 g/mol. The summed E-state index contributed by atoms with van der Waals surface area (Å²) in [6.07, 6.45) is 1.97. The van der Waals surface area contributed by atoms with Crippen LogP contribution in [0.4, 0.5) is 0 Å². The normalized spacial score (nSPS) is 56.4. The third-order valence-electron chi connectivity index (χ3n) is 2.66. The lowest BCUT2D eigenvalue weighted by molar-refractivity contribution is 0.115. The Morgan fingerprint density at radius 3 is 3.00 bits per heavy atom. The van der Waals surface area contributed by atoms with Crippen LogP contribution >= 0.6 is 0 Å². The van der Waals surface area contributed by atoms with Gasteiger partial charge in [0.25, 0.3) is 0 Å². The molecule has 64 valence electrons. The Hall–Kier alpha value is 0.0700. The standard InChI is InChI=1S/C7H12O3S/c1-4-2-5-3-6(4)10-11(9)7(5)8/h4-8H,2-3H2,1H3. The van der Waals surface area contributed by atoms with Crippen molar-refractivity contribution in [2.75, 3.05) is 0 Å². The van der Waals surface area contributed by atoms with Crippen LogP contribution in [0, 0.1) is 11.8 Å². The molecule has 1 heterocycles. The van der Waals surface area contributed by atoms with Crippen LogP contribution in [0.2, 0.25) is 0 Å². The predicted molar refractivity (Wildman–Crippen MR) is 40.9 cm³/mol. The highest BCUT2D eigenvalue weighted by molar-refractivity contribution is 7.80. The molecule has 4 heteroatoms. The van der Waals surface area contributed by atoms with Crippen LogP contribution < -0.4 is 0 Å². The van der Waals surface area contributed by atoms with Crippen molar-refractivity contribution in [3.05, 3.63) is 0 Å². The van der Waals surface area contributed by atoms with Crippen molar-refractivity contribution < 1.29 is 13.5 Å². The Balaban J connectivity index is 2.18. The molecule has 0 aromatic carbocycles. The Labute approximate surface area is 68.4 Å². The van der Waals surface area contributed by atoms with Gasteiger partial charge in [0.2, 0.25) is 0 Å². The summed E-state index contributed by atoms with van der Waals surface area (Å²) in [4.78, 5) is 0. The summed E-state index contributed by atoms with van der Waals surface area (Å²) in [7, 11) is 0. The van der Waals surface area contributed by atoms with Crippen LogP contribution in [0.1, 0.15) is 19.8 Å². The minimum atomic E-state index is -1.45. The number of aliphatic hydroxyl groups excluding tert-OH is 1. The number of rotatable bonds is 0. The lowest BCUT2D eigenvalue weighted by atomic mass is 10.1. The minimum absolute atomic E-state index is 0.129. The highest BCUT2D eigenvalue weighted by atomic mass is 32.2. The van der Waals surface area contributed by atoms with E-state index in [0.717, 1.165) is 12.8 Å². The molecule has 0 aromatic heterocycles. The van der Waals surface area contributed by atoms with Crippen LogP contribution in [-0.4, -0.2) is 20.9 Å². The Morgan fingerprint density at radius 1 is 1.55 bits per heavy atom. The molecule has 11 heavy (non-hydrogen) atoms. The minimum Gasteiger partial charge on any atom is -0.377 e. The van der Waals surface area contributed by atoms with E-state index in [-0.39, 0.29) is 12.0 Å². The zero-order valence-electron chi connectivity index (χ0n) is 6.40. The van der Waals surface area contributed by atoms with Gasteiger partial charge >= 0.3 is 0 Å². The van der Waals surface area contributed by atoms with Crippen LogP contribution in [0.5, 0.6) is 0 Å². The fourth-order valence-electron chi connectivity index (χ4n) is 1.96. The van der Waals surface area contributed by atoms with Gasteiger partial charge in [0.15, 0.2) is 16.5 Å². The van der Waals surface area contributed by atoms with E-state index in [1.54, 1.807) is 0 Å². The Kier molecular flexibility index (Phi) is 1.78. The summed E-state index contributed by atoms with van der Waals surface area (Å²) in [5, 5.41) is 9.36. The van der Waals surface area contributed by atoms with Crippen LogP contribution in [0.15, 0.2) is 0 Å². The Bertz CT molecular complexity index is 192. The number of fused-ring (bicyclic) bond motifs is 2. The zero-order valence-corrected chi connectivity index (χ0v) is 7.21. The quantitative estimate of drug-likeness (QED) is 0.581. The van der Waals surface area contributed by atoms with Gasteiger partial charge in [-0.2, -0.15) is 0 Å². The highest BCUT2D eigenvalue weighted by Gasteiger charge is 2.44. The van der Waals surface area contributed by atoms with E-state index in [1.807, 2.05) is 0 Å². The molecule has 1 saturated carbocycles. The van der Waals surface area contributed by atoms with Gasteiger partial charge in [-0.15, -0.1) is 0 Å². The van der Waals surface area contributed by atoms with Crippen molar-refractivity contribution in [3.63, 3.8) is 0 Å². The van der Waals surface area contributed by atoms with Crippen LogP contribution in [-0.2, 0) is 15.3 Å². The fraction of sp³-hybridized carbons (Fsp3) is 1.00. The Morgan fingerprint density at radius 2 is 2.27 bits per heavy atom. The molecule has 1 aliphatic heterocycles. The van der Waals surface area contributed by atoms with Gasteiger partial charge in [-0.3, -0.25) is 4.18 Å². The number of hydrogen-bond acceptors (Lipinski definition) is 3. The molecule has 1 saturated heterocycles. The average Bonchev–Trinajstić information content (AvgIpc) is 2.26. The molecule has 1 N–H and O–H groups in total. The second-order valence-electron chi connectivity index (χ2n) is 3.49. The summed E-state index contributed by atoms with van der Waals surface area (Å²) >= 11 is -1.45. The topological polar surface area (TPSA) is 46.5 Å². The molecule has 0 radical (unpaired) electrons. The van der Waals surface area contributed by atoms with Gasteiger partial charge in [-0.25, -0.2) is 4.21 Å². The summed E-state index contributed by atoms with van der Waals surface area (Å²) in [6.45, 7) is 2.08. The molecule has 5 atom stereocenters.